The molecule has 0 amide bonds. The largest absolute Gasteiger partial charge is 0.356 e. The van der Waals surface area contributed by atoms with E-state index in [1.54, 1.807) is 0 Å². The topological polar surface area (TPSA) is 29.0 Å². The van der Waals surface area contributed by atoms with Crippen molar-refractivity contribution < 1.29 is 0 Å². The fraction of sp³-hybridized carbons (Fsp3) is 0.733. The van der Waals surface area contributed by atoms with Crippen molar-refractivity contribution in [1.29, 1.82) is 0 Å². The minimum atomic E-state index is -0.0223. The van der Waals surface area contributed by atoms with Gasteiger partial charge in [-0.3, -0.25) is 0 Å². The van der Waals surface area contributed by atoms with Gasteiger partial charge in [0.1, 0.15) is 16.2 Å². The van der Waals surface area contributed by atoms with Crippen molar-refractivity contribution >= 4 is 21.7 Å². The van der Waals surface area contributed by atoms with Crippen LogP contribution in [0.1, 0.15) is 46.9 Å². The highest BCUT2D eigenvalue weighted by Gasteiger charge is 2.25. The maximum atomic E-state index is 4.78. The molecule has 1 aromatic rings. The van der Waals surface area contributed by atoms with Crippen LogP contribution in [-0.4, -0.2) is 23.1 Å². The SMILES string of the molecule is CC1CC(C)CN(c2cc(Br)nc(C(C)(C)C)n2)C1. The molecule has 1 saturated heterocycles. The zero-order chi connectivity index (χ0) is 14.2. The van der Waals surface area contributed by atoms with E-state index in [0.29, 0.717) is 0 Å². The lowest BCUT2D eigenvalue weighted by Gasteiger charge is -2.36. The Kier molecular flexibility index (Phi) is 4.19. The van der Waals surface area contributed by atoms with Crippen LogP contribution in [0.5, 0.6) is 0 Å². The Labute approximate surface area is 125 Å². The minimum absolute atomic E-state index is 0.0223. The molecule has 1 aliphatic heterocycles. The number of piperidine rings is 1. The van der Waals surface area contributed by atoms with Crippen molar-refractivity contribution in [2.24, 2.45) is 11.8 Å². The van der Waals surface area contributed by atoms with Gasteiger partial charge in [-0.05, 0) is 34.2 Å². The van der Waals surface area contributed by atoms with Gasteiger partial charge in [-0.25, -0.2) is 9.97 Å². The van der Waals surface area contributed by atoms with Crippen LogP contribution in [0.15, 0.2) is 10.7 Å². The summed E-state index contributed by atoms with van der Waals surface area (Å²) in [5, 5.41) is 0. The number of aromatic nitrogens is 2. The molecule has 2 unspecified atom stereocenters. The van der Waals surface area contributed by atoms with Gasteiger partial charge in [0, 0.05) is 24.6 Å². The molecule has 2 heterocycles. The van der Waals surface area contributed by atoms with Crippen LogP contribution in [0.3, 0.4) is 0 Å². The zero-order valence-electron chi connectivity index (χ0n) is 12.6. The summed E-state index contributed by atoms with van der Waals surface area (Å²) in [4.78, 5) is 11.7. The Morgan fingerprint density at radius 3 is 2.26 bits per heavy atom. The van der Waals surface area contributed by atoms with Gasteiger partial charge in [0.15, 0.2) is 0 Å². The van der Waals surface area contributed by atoms with Crippen LogP contribution in [0.2, 0.25) is 0 Å². The smallest absolute Gasteiger partial charge is 0.137 e. The maximum Gasteiger partial charge on any atom is 0.137 e. The number of rotatable bonds is 1. The number of anilines is 1. The third-order valence-electron chi connectivity index (χ3n) is 3.55. The Balaban J connectivity index is 2.31. The Hall–Kier alpha value is -0.640. The summed E-state index contributed by atoms with van der Waals surface area (Å²) in [6.45, 7) is 13.3. The van der Waals surface area contributed by atoms with Crippen molar-refractivity contribution in [2.45, 2.75) is 46.5 Å². The third-order valence-corrected chi connectivity index (χ3v) is 3.95. The first kappa shape index (κ1) is 14.8. The first-order chi connectivity index (χ1) is 8.75. The van der Waals surface area contributed by atoms with E-state index < -0.39 is 0 Å². The van der Waals surface area contributed by atoms with Gasteiger partial charge in [0.2, 0.25) is 0 Å². The summed E-state index contributed by atoms with van der Waals surface area (Å²) in [7, 11) is 0. The van der Waals surface area contributed by atoms with Crippen molar-refractivity contribution in [1.82, 2.24) is 9.97 Å². The zero-order valence-corrected chi connectivity index (χ0v) is 14.2. The van der Waals surface area contributed by atoms with Crippen LogP contribution >= 0.6 is 15.9 Å². The van der Waals surface area contributed by atoms with Crippen LogP contribution in [0, 0.1) is 11.8 Å². The molecule has 1 aliphatic rings. The van der Waals surface area contributed by atoms with Gasteiger partial charge in [0.25, 0.3) is 0 Å². The molecule has 19 heavy (non-hydrogen) atoms. The Morgan fingerprint density at radius 1 is 1.16 bits per heavy atom. The summed E-state index contributed by atoms with van der Waals surface area (Å²) >= 11 is 3.52. The van der Waals surface area contributed by atoms with Gasteiger partial charge in [-0.2, -0.15) is 0 Å². The molecule has 0 aromatic carbocycles. The first-order valence-corrected chi connectivity index (χ1v) is 7.85. The summed E-state index contributed by atoms with van der Waals surface area (Å²) in [6.07, 6.45) is 1.31. The van der Waals surface area contributed by atoms with Crippen LogP contribution in [0.25, 0.3) is 0 Å². The van der Waals surface area contributed by atoms with E-state index in [1.807, 2.05) is 6.07 Å². The first-order valence-electron chi connectivity index (χ1n) is 7.05. The molecule has 0 bridgehead atoms. The number of hydrogen-bond donors (Lipinski definition) is 0. The monoisotopic (exact) mass is 325 g/mol. The lowest BCUT2D eigenvalue weighted by Crippen LogP contribution is -2.39. The second-order valence-corrected chi connectivity index (χ2v) is 7.79. The van der Waals surface area contributed by atoms with E-state index in [9.17, 15) is 0 Å². The van der Waals surface area contributed by atoms with Crippen molar-refractivity contribution in [2.75, 3.05) is 18.0 Å². The maximum absolute atomic E-state index is 4.78. The van der Waals surface area contributed by atoms with Gasteiger partial charge in [0.05, 0.1) is 0 Å². The standard InChI is InChI=1S/C15H24BrN3/c1-10-6-11(2)9-19(8-10)13-7-12(16)17-14(18-13)15(3,4)5/h7,10-11H,6,8-9H2,1-5H3. The molecule has 1 aromatic heterocycles. The van der Waals surface area contributed by atoms with Crippen molar-refractivity contribution in [3.05, 3.63) is 16.5 Å². The second-order valence-electron chi connectivity index (χ2n) is 6.97. The molecule has 2 rings (SSSR count). The molecule has 0 spiro atoms. The molecule has 4 heteroatoms. The third kappa shape index (κ3) is 3.68. The summed E-state index contributed by atoms with van der Waals surface area (Å²) in [5.74, 6) is 3.43. The molecular weight excluding hydrogens is 302 g/mol. The minimum Gasteiger partial charge on any atom is -0.356 e. The molecule has 0 N–H and O–H groups in total. The van der Waals surface area contributed by atoms with Gasteiger partial charge in [-0.1, -0.05) is 34.6 Å². The number of halogens is 1. The molecule has 0 radical (unpaired) electrons. The van der Waals surface area contributed by atoms with E-state index in [1.165, 1.54) is 6.42 Å². The van der Waals surface area contributed by atoms with Crippen molar-refractivity contribution in [3.63, 3.8) is 0 Å². The second kappa shape index (κ2) is 5.39. The highest BCUT2D eigenvalue weighted by atomic mass is 79.9. The van der Waals surface area contributed by atoms with E-state index >= 15 is 0 Å². The van der Waals surface area contributed by atoms with Crippen LogP contribution in [-0.2, 0) is 5.41 Å². The summed E-state index contributed by atoms with van der Waals surface area (Å²) in [5.41, 5.74) is -0.0223. The van der Waals surface area contributed by atoms with E-state index in [4.69, 9.17) is 4.98 Å². The van der Waals surface area contributed by atoms with Gasteiger partial charge in [-0.15, -0.1) is 0 Å². The summed E-state index contributed by atoms with van der Waals surface area (Å²) < 4.78 is 0.883. The average molecular weight is 326 g/mol. The molecule has 1 fully saturated rings. The molecule has 0 saturated carbocycles. The molecular formula is C15H24BrN3. The lowest BCUT2D eigenvalue weighted by atomic mass is 9.92. The fourth-order valence-electron chi connectivity index (χ4n) is 2.75. The lowest BCUT2D eigenvalue weighted by molar-refractivity contribution is 0.354. The quantitative estimate of drug-likeness (QED) is 0.730. The van der Waals surface area contributed by atoms with Crippen molar-refractivity contribution in [3.8, 4) is 0 Å². The average Bonchev–Trinajstić information content (AvgIpc) is 2.25. The number of hydrogen-bond acceptors (Lipinski definition) is 3. The number of nitrogens with zero attached hydrogens (tertiary/aromatic N) is 3. The molecule has 106 valence electrons. The highest BCUT2D eigenvalue weighted by molar-refractivity contribution is 9.10. The van der Waals surface area contributed by atoms with E-state index in [-0.39, 0.29) is 5.41 Å². The normalized spacial score (nSPS) is 24.6. The molecule has 3 nitrogen and oxygen atoms in total. The van der Waals surface area contributed by atoms with E-state index in [0.717, 1.165) is 41.2 Å². The van der Waals surface area contributed by atoms with Gasteiger partial charge < -0.3 is 4.90 Å². The molecule has 2 atom stereocenters. The Morgan fingerprint density at radius 2 is 1.74 bits per heavy atom. The predicted octanol–water partition coefficient (Wildman–Crippen LogP) is 4.02. The van der Waals surface area contributed by atoms with Crippen LogP contribution in [0.4, 0.5) is 5.82 Å². The van der Waals surface area contributed by atoms with Crippen LogP contribution < -0.4 is 4.90 Å². The summed E-state index contributed by atoms with van der Waals surface area (Å²) in [6, 6.07) is 2.04. The fourth-order valence-corrected chi connectivity index (χ4v) is 3.13. The molecule has 0 aliphatic carbocycles. The van der Waals surface area contributed by atoms with Gasteiger partial charge >= 0.3 is 0 Å². The predicted molar refractivity (Wildman–Crippen MR) is 83.6 cm³/mol. The highest BCUT2D eigenvalue weighted by Crippen LogP contribution is 2.28. The Bertz CT molecular complexity index is 443. The van der Waals surface area contributed by atoms with E-state index in [2.05, 4.69) is 60.4 Å².